The number of anilines is 1. The smallest absolute Gasteiger partial charge is 0.203 e. The molecule has 0 aliphatic carbocycles. The molecule has 2 atom stereocenters. The lowest BCUT2D eigenvalue weighted by atomic mass is 10.1. The van der Waals surface area contributed by atoms with Gasteiger partial charge in [-0.2, -0.15) is 0 Å². The van der Waals surface area contributed by atoms with Crippen LogP contribution in [0.2, 0.25) is 0 Å². The number of nitrogens with one attached hydrogen (secondary N) is 2. The largest absolute Gasteiger partial charge is 0.338 e. The predicted octanol–water partition coefficient (Wildman–Crippen LogP) is 0.770. The molecule has 2 N–H and O–H groups in total. The Morgan fingerprint density at radius 1 is 1.53 bits per heavy atom. The monoisotopic (exact) mass is 206 g/mol. The third-order valence-electron chi connectivity index (χ3n) is 3.71. The van der Waals surface area contributed by atoms with Gasteiger partial charge in [-0.25, -0.2) is 4.98 Å². The lowest BCUT2D eigenvalue weighted by molar-refractivity contribution is 0.576. The van der Waals surface area contributed by atoms with Gasteiger partial charge in [-0.3, -0.25) is 0 Å². The van der Waals surface area contributed by atoms with Gasteiger partial charge in [0.1, 0.15) is 0 Å². The normalized spacial score (nSPS) is 29.8. The van der Waals surface area contributed by atoms with E-state index in [9.17, 15) is 0 Å². The second-order valence-corrected chi connectivity index (χ2v) is 4.55. The summed E-state index contributed by atoms with van der Waals surface area (Å²) in [5.41, 5.74) is 1.24. The first-order chi connectivity index (χ1) is 7.38. The van der Waals surface area contributed by atoms with Gasteiger partial charge < -0.3 is 15.2 Å². The Labute approximate surface area is 90.1 Å². The fourth-order valence-corrected chi connectivity index (χ4v) is 2.78. The molecule has 0 spiro atoms. The molecule has 15 heavy (non-hydrogen) atoms. The van der Waals surface area contributed by atoms with Crippen molar-refractivity contribution in [3.8, 4) is 0 Å². The number of fused-ring (bicyclic) bond motifs is 1. The Bertz CT molecular complexity index is 346. The van der Waals surface area contributed by atoms with Crippen molar-refractivity contribution in [1.29, 1.82) is 0 Å². The van der Waals surface area contributed by atoms with E-state index >= 15 is 0 Å². The number of aryl methyl sites for hydroxylation is 1. The van der Waals surface area contributed by atoms with Crippen molar-refractivity contribution in [3.05, 3.63) is 11.9 Å². The van der Waals surface area contributed by atoms with E-state index in [1.54, 1.807) is 0 Å². The number of rotatable bonds is 2. The summed E-state index contributed by atoms with van der Waals surface area (Å²) in [7, 11) is 0. The molecule has 0 aromatic carbocycles. The second kappa shape index (κ2) is 3.52. The van der Waals surface area contributed by atoms with Crippen molar-refractivity contribution in [1.82, 2.24) is 15.3 Å². The van der Waals surface area contributed by atoms with E-state index < -0.39 is 0 Å². The summed E-state index contributed by atoms with van der Waals surface area (Å²) in [6.45, 7) is 5.62. The summed E-state index contributed by atoms with van der Waals surface area (Å²) >= 11 is 0. The highest BCUT2D eigenvalue weighted by Crippen LogP contribution is 2.30. The molecule has 4 heteroatoms. The van der Waals surface area contributed by atoms with Crippen LogP contribution in [0.1, 0.15) is 19.0 Å². The van der Waals surface area contributed by atoms with E-state index in [0.29, 0.717) is 6.04 Å². The van der Waals surface area contributed by atoms with Crippen LogP contribution in [-0.4, -0.2) is 35.6 Å². The lowest BCUT2D eigenvalue weighted by Crippen LogP contribution is -2.34. The number of hydrogen-bond acceptors (Lipinski definition) is 3. The van der Waals surface area contributed by atoms with Crippen LogP contribution in [0.15, 0.2) is 6.20 Å². The molecule has 0 radical (unpaired) electrons. The van der Waals surface area contributed by atoms with Crippen molar-refractivity contribution in [3.63, 3.8) is 0 Å². The molecular weight excluding hydrogens is 188 g/mol. The fraction of sp³-hybridized carbons (Fsp3) is 0.727. The minimum absolute atomic E-state index is 0.667. The van der Waals surface area contributed by atoms with Gasteiger partial charge >= 0.3 is 0 Å². The minimum atomic E-state index is 0.667. The Hall–Kier alpha value is -1.03. The highest BCUT2D eigenvalue weighted by atomic mass is 15.3. The van der Waals surface area contributed by atoms with Crippen LogP contribution in [0.4, 0.5) is 5.95 Å². The zero-order chi connectivity index (χ0) is 10.3. The molecule has 2 saturated heterocycles. The Morgan fingerprint density at radius 2 is 2.47 bits per heavy atom. The van der Waals surface area contributed by atoms with Gasteiger partial charge in [-0.05, 0) is 18.8 Å². The van der Waals surface area contributed by atoms with Crippen LogP contribution in [0.5, 0.6) is 0 Å². The molecule has 1 aromatic heterocycles. The van der Waals surface area contributed by atoms with Gasteiger partial charge in [-0.1, -0.05) is 6.92 Å². The molecule has 2 aliphatic heterocycles. The molecule has 3 rings (SSSR count). The van der Waals surface area contributed by atoms with Crippen LogP contribution in [0.25, 0.3) is 0 Å². The van der Waals surface area contributed by atoms with E-state index in [-0.39, 0.29) is 0 Å². The number of aromatic amines is 1. The van der Waals surface area contributed by atoms with Gasteiger partial charge in [0.2, 0.25) is 5.95 Å². The maximum Gasteiger partial charge on any atom is 0.203 e. The topological polar surface area (TPSA) is 44.0 Å². The number of aromatic nitrogens is 2. The molecule has 0 amide bonds. The van der Waals surface area contributed by atoms with Gasteiger partial charge in [0.15, 0.2) is 0 Å². The van der Waals surface area contributed by atoms with Crippen LogP contribution in [-0.2, 0) is 6.42 Å². The Kier molecular flexibility index (Phi) is 2.16. The maximum absolute atomic E-state index is 4.47. The van der Waals surface area contributed by atoms with Crippen LogP contribution in [0, 0.1) is 5.92 Å². The maximum atomic E-state index is 4.47. The van der Waals surface area contributed by atoms with Crippen LogP contribution >= 0.6 is 0 Å². The second-order valence-electron chi connectivity index (χ2n) is 4.55. The van der Waals surface area contributed by atoms with Gasteiger partial charge in [-0.15, -0.1) is 0 Å². The van der Waals surface area contributed by atoms with Gasteiger partial charge in [0.05, 0.1) is 6.20 Å². The molecule has 0 bridgehead atoms. The quantitative estimate of drug-likeness (QED) is 0.751. The lowest BCUT2D eigenvalue weighted by Gasteiger charge is -2.22. The Balaban J connectivity index is 1.81. The minimum Gasteiger partial charge on any atom is -0.338 e. The average molecular weight is 206 g/mol. The number of H-pyrrole nitrogens is 1. The molecule has 2 aliphatic rings. The summed E-state index contributed by atoms with van der Waals surface area (Å²) in [6.07, 6.45) is 4.30. The third kappa shape index (κ3) is 1.44. The summed E-state index contributed by atoms with van der Waals surface area (Å²) in [4.78, 5) is 10.3. The molecule has 4 nitrogen and oxygen atoms in total. The first-order valence-corrected chi connectivity index (χ1v) is 5.89. The number of hydrogen-bond donors (Lipinski definition) is 2. The first-order valence-electron chi connectivity index (χ1n) is 5.89. The standard InChI is InChI=1S/C11H18N4/c1-2-9-6-13-11(14-9)15-4-3-8-5-12-7-10(8)15/h6,8,10,12H,2-5,7H2,1H3,(H,13,14)/t8-,10+/m0/s1. The zero-order valence-corrected chi connectivity index (χ0v) is 9.16. The third-order valence-corrected chi connectivity index (χ3v) is 3.71. The van der Waals surface area contributed by atoms with Crippen LogP contribution in [0.3, 0.4) is 0 Å². The van der Waals surface area contributed by atoms with Gasteiger partial charge in [0.25, 0.3) is 0 Å². The van der Waals surface area contributed by atoms with Crippen LogP contribution < -0.4 is 10.2 Å². The highest BCUT2D eigenvalue weighted by molar-refractivity contribution is 5.36. The predicted molar refractivity (Wildman–Crippen MR) is 60.1 cm³/mol. The van der Waals surface area contributed by atoms with E-state index in [0.717, 1.165) is 31.4 Å². The van der Waals surface area contributed by atoms with E-state index in [1.165, 1.54) is 18.7 Å². The van der Waals surface area contributed by atoms with Crippen molar-refractivity contribution in [2.45, 2.75) is 25.8 Å². The molecule has 0 unspecified atom stereocenters. The number of imidazole rings is 1. The van der Waals surface area contributed by atoms with Crippen molar-refractivity contribution in [2.75, 3.05) is 24.5 Å². The molecule has 1 aromatic rings. The average Bonchev–Trinajstić information content (AvgIpc) is 2.92. The molecule has 82 valence electrons. The molecule has 0 saturated carbocycles. The van der Waals surface area contributed by atoms with E-state index in [2.05, 4.69) is 27.1 Å². The number of nitrogens with zero attached hydrogens (tertiary/aromatic N) is 2. The zero-order valence-electron chi connectivity index (χ0n) is 9.16. The van der Waals surface area contributed by atoms with Crippen molar-refractivity contribution < 1.29 is 0 Å². The Morgan fingerprint density at radius 3 is 3.27 bits per heavy atom. The van der Waals surface area contributed by atoms with Crippen molar-refractivity contribution >= 4 is 5.95 Å². The highest BCUT2D eigenvalue weighted by Gasteiger charge is 2.38. The molecule has 3 heterocycles. The summed E-state index contributed by atoms with van der Waals surface area (Å²) in [5.74, 6) is 1.91. The van der Waals surface area contributed by atoms with Gasteiger partial charge in [0, 0.05) is 31.4 Å². The summed E-state index contributed by atoms with van der Waals surface area (Å²) in [6, 6.07) is 0.667. The van der Waals surface area contributed by atoms with E-state index in [1.807, 2.05) is 6.20 Å². The SMILES string of the molecule is CCc1cnc(N2CC[C@H]3CNC[C@H]32)[nH]1. The molecule has 2 fully saturated rings. The first kappa shape index (κ1) is 9.21. The van der Waals surface area contributed by atoms with Crippen molar-refractivity contribution in [2.24, 2.45) is 5.92 Å². The summed E-state index contributed by atoms with van der Waals surface area (Å²) in [5, 5.41) is 3.46. The molecular formula is C11H18N4. The fourth-order valence-electron chi connectivity index (χ4n) is 2.78. The summed E-state index contributed by atoms with van der Waals surface area (Å²) < 4.78 is 0. The van der Waals surface area contributed by atoms with E-state index in [4.69, 9.17) is 0 Å².